The summed E-state index contributed by atoms with van der Waals surface area (Å²) in [7, 11) is -1.83. The minimum absolute atomic E-state index is 0.562. The second-order valence-electron chi connectivity index (χ2n) is 9.81. The topological polar surface area (TPSA) is 9.23 Å². The van der Waals surface area contributed by atoms with Gasteiger partial charge in [0.25, 0.3) is 0 Å². The molecule has 0 unspecified atom stereocenters. The van der Waals surface area contributed by atoms with Gasteiger partial charge >= 0.3 is 0 Å². The van der Waals surface area contributed by atoms with Crippen molar-refractivity contribution >= 4 is 8.32 Å². The smallest absolute Gasteiger partial charge is 0.201 e. The molecule has 0 N–H and O–H groups in total. The third kappa shape index (κ3) is 7.90. The van der Waals surface area contributed by atoms with Gasteiger partial charge in [-0.3, -0.25) is 0 Å². The van der Waals surface area contributed by atoms with Crippen LogP contribution in [0.5, 0.6) is 0 Å². The minimum atomic E-state index is -1.83. The molecular formula is C28H48OSi. The first-order valence-electron chi connectivity index (χ1n) is 12.5. The largest absolute Gasteiger partial charge is 0.405 e. The Morgan fingerprint density at radius 3 is 2.00 bits per heavy atom. The molecule has 170 valence electrons. The van der Waals surface area contributed by atoms with Gasteiger partial charge in [0.2, 0.25) is 8.32 Å². The van der Waals surface area contributed by atoms with Crippen molar-refractivity contribution in [1.82, 2.24) is 0 Å². The van der Waals surface area contributed by atoms with Crippen LogP contribution in [-0.2, 0) is 17.3 Å². The summed E-state index contributed by atoms with van der Waals surface area (Å²) in [5.74, 6) is 6.84. The van der Waals surface area contributed by atoms with E-state index in [2.05, 4.69) is 85.4 Å². The van der Waals surface area contributed by atoms with Gasteiger partial charge in [-0.05, 0) is 59.5 Å². The molecule has 0 aliphatic carbocycles. The maximum atomic E-state index is 6.62. The van der Waals surface area contributed by atoms with E-state index in [9.17, 15) is 0 Å². The number of hydrogen-bond donors (Lipinski definition) is 0. The fraction of sp³-hybridized carbons (Fsp3) is 0.714. The fourth-order valence-corrected chi connectivity index (χ4v) is 10.4. The molecular weight excluding hydrogens is 380 g/mol. The van der Waals surface area contributed by atoms with Gasteiger partial charge in [-0.15, -0.1) is 0 Å². The van der Waals surface area contributed by atoms with Crippen LogP contribution in [0.4, 0.5) is 0 Å². The molecule has 0 saturated heterocycles. The summed E-state index contributed by atoms with van der Waals surface area (Å²) in [5, 5.41) is 0. The highest BCUT2D eigenvalue weighted by Gasteiger charge is 2.44. The predicted molar refractivity (Wildman–Crippen MR) is 137 cm³/mol. The van der Waals surface area contributed by atoms with Crippen LogP contribution in [0.1, 0.15) is 111 Å². The van der Waals surface area contributed by atoms with Gasteiger partial charge < -0.3 is 4.43 Å². The van der Waals surface area contributed by atoms with Crippen LogP contribution in [0.25, 0.3) is 0 Å². The molecule has 0 spiro atoms. The van der Waals surface area contributed by atoms with E-state index in [1.807, 2.05) is 0 Å². The van der Waals surface area contributed by atoms with E-state index in [0.29, 0.717) is 23.2 Å². The second-order valence-corrected chi connectivity index (χ2v) is 15.3. The van der Waals surface area contributed by atoms with Gasteiger partial charge in [-0.1, -0.05) is 105 Å². The molecule has 30 heavy (non-hydrogen) atoms. The van der Waals surface area contributed by atoms with Crippen molar-refractivity contribution in [3.8, 4) is 11.8 Å². The van der Waals surface area contributed by atoms with Crippen molar-refractivity contribution in [2.24, 2.45) is 0 Å². The van der Waals surface area contributed by atoms with Crippen molar-refractivity contribution in [3.05, 3.63) is 34.9 Å². The number of benzene rings is 1. The number of unbranched alkanes of at least 4 members (excludes halogenated alkanes) is 4. The SMILES string of the molecule is CCCCCCc1ccc(C#CCO[Si](C(C)C)(C(C)C)C(C)C)c(CCCC)c1. The average Bonchev–Trinajstić information content (AvgIpc) is 2.69. The zero-order valence-electron chi connectivity index (χ0n) is 21.2. The van der Waals surface area contributed by atoms with Gasteiger partial charge in [0.05, 0.1) is 6.61 Å². The molecule has 1 nitrogen and oxygen atoms in total. The van der Waals surface area contributed by atoms with Crippen LogP contribution < -0.4 is 0 Å². The van der Waals surface area contributed by atoms with Crippen molar-refractivity contribution in [2.45, 2.75) is 123 Å². The number of rotatable bonds is 13. The summed E-state index contributed by atoms with van der Waals surface area (Å²) in [6.45, 7) is 19.1. The lowest BCUT2D eigenvalue weighted by Gasteiger charge is -2.41. The molecule has 2 heteroatoms. The van der Waals surface area contributed by atoms with E-state index in [4.69, 9.17) is 4.43 Å². The average molecular weight is 429 g/mol. The molecule has 0 aliphatic rings. The summed E-state index contributed by atoms with van der Waals surface area (Å²) in [5.41, 5.74) is 5.92. The molecule has 0 saturated carbocycles. The Balaban J connectivity index is 2.92. The summed E-state index contributed by atoms with van der Waals surface area (Å²) >= 11 is 0. The van der Waals surface area contributed by atoms with Crippen molar-refractivity contribution in [2.75, 3.05) is 6.61 Å². The highest BCUT2D eigenvalue weighted by atomic mass is 28.4. The fourth-order valence-electron chi connectivity index (χ4n) is 5.05. The van der Waals surface area contributed by atoms with E-state index >= 15 is 0 Å². The van der Waals surface area contributed by atoms with Crippen molar-refractivity contribution < 1.29 is 4.43 Å². The van der Waals surface area contributed by atoms with E-state index in [1.165, 1.54) is 61.6 Å². The summed E-state index contributed by atoms with van der Waals surface area (Å²) in [4.78, 5) is 0. The van der Waals surface area contributed by atoms with E-state index in [1.54, 1.807) is 0 Å². The lowest BCUT2D eigenvalue weighted by molar-refractivity contribution is 0.322. The monoisotopic (exact) mass is 428 g/mol. The Kier molecular flexibility index (Phi) is 12.7. The Morgan fingerprint density at radius 2 is 1.43 bits per heavy atom. The highest BCUT2D eigenvalue weighted by Crippen LogP contribution is 2.42. The number of aryl methyl sites for hydroxylation is 2. The van der Waals surface area contributed by atoms with Gasteiger partial charge in [-0.25, -0.2) is 0 Å². The molecule has 0 heterocycles. The van der Waals surface area contributed by atoms with Crippen LogP contribution >= 0.6 is 0 Å². The molecule has 0 atom stereocenters. The van der Waals surface area contributed by atoms with E-state index in [0.717, 1.165) is 6.42 Å². The van der Waals surface area contributed by atoms with E-state index in [-0.39, 0.29) is 0 Å². The highest BCUT2D eigenvalue weighted by molar-refractivity contribution is 6.77. The van der Waals surface area contributed by atoms with Gasteiger partial charge in [-0.2, -0.15) is 0 Å². The molecule has 1 rings (SSSR count). The molecule has 0 fully saturated rings. The Bertz CT molecular complexity index is 641. The molecule has 1 aromatic carbocycles. The zero-order chi connectivity index (χ0) is 22.6. The quantitative estimate of drug-likeness (QED) is 0.173. The third-order valence-corrected chi connectivity index (χ3v) is 12.7. The Morgan fingerprint density at radius 1 is 0.800 bits per heavy atom. The lowest BCUT2D eigenvalue weighted by atomic mass is 9.97. The third-order valence-electron chi connectivity index (χ3n) is 6.61. The standard InChI is InChI=1S/C28H48OSi/c1-9-11-13-14-16-26-19-20-27(28(22-26)17-12-10-2)18-15-21-29-30(23(3)4,24(5)6)25(7)8/h19-20,22-25H,9-14,16-17,21H2,1-8H3. The lowest BCUT2D eigenvalue weighted by Crippen LogP contribution is -2.47. The van der Waals surface area contributed by atoms with Crippen molar-refractivity contribution in [3.63, 3.8) is 0 Å². The molecule has 0 aliphatic heterocycles. The van der Waals surface area contributed by atoms with Crippen LogP contribution in [-0.4, -0.2) is 14.9 Å². The maximum Gasteiger partial charge on any atom is 0.201 e. The normalized spacial score (nSPS) is 12.0. The van der Waals surface area contributed by atoms with Gasteiger partial charge in [0.1, 0.15) is 0 Å². The zero-order valence-corrected chi connectivity index (χ0v) is 22.2. The van der Waals surface area contributed by atoms with Crippen LogP contribution in [0, 0.1) is 11.8 Å². The molecule has 0 bridgehead atoms. The molecule has 0 amide bonds. The van der Waals surface area contributed by atoms with E-state index < -0.39 is 8.32 Å². The molecule has 0 aromatic heterocycles. The van der Waals surface area contributed by atoms with Crippen LogP contribution in [0.3, 0.4) is 0 Å². The van der Waals surface area contributed by atoms with Gasteiger partial charge in [0, 0.05) is 5.56 Å². The first-order chi connectivity index (χ1) is 14.3. The number of hydrogen-bond acceptors (Lipinski definition) is 1. The minimum Gasteiger partial charge on any atom is -0.405 e. The van der Waals surface area contributed by atoms with Crippen LogP contribution in [0.15, 0.2) is 18.2 Å². The molecule has 0 radical (unpaired) electrons. The summed E-state index contributed by atoms with van der Waals surface area (Å²) in [6, 6.07) is 6.97. The summed E-state index contributed by atoms with van der Waals surface area (Å²) in [6.07, 6.45) is 10.1. The maximum absolute atomic E-state index is 6.62. The van der Waals surface area contributed by atoms with Crippen molar-refractivity contribution in [1.29, 1.82) is 0 Å². The predicted octanol–water partition coefficient (Wildman–Crippen LogP) is 8.70. The first-order valence-corrected chi connectivity index (χ1v) is 14.7. The van der Waals surface area contributed by atoms with Gasteiger partial charge in [0.15, 0.2) is 0 Å². The molecule has 1 aromatic rings. The Labute approximate surface area is 189 Å². The second kappa shape index (κ2) is 14.1. The summed E-state index contributed by atoms with van der Waals surface area (Å²) < 4.78 is 6.62. The first kappa shape index (κ1) is 27.0. The van der Waals surface area contributed by atoms with Crippen LogP contribution in [0.2, 0.25) is 16.6 Å². The Hall–Kier alpha value is -1.04.